The highest BCUT2D eigenvalue weighted by molar-refractivity contribution is 7.12. The van der Waals surface area contributed by atoms with Crippen molar-refractivity contribution in [2.24, 2.45) is 11.8 Å². The molecule has 8 heteroatoms. The van der Waals surface area contributed by atoms with E-state index in [1.54, 1.807) is 36.4 Å². The molecule has 5 rings (SSSR count). The van der Waals surface area contributed by atoms with Gasteiger partial charge in [-0.1, -0.05) is 12.1 Å². The third-order valence-corrected chi connectivity index (χ3v) is 9.09. The molecule has 4 atom stereocenters. The lowest BCUT2D eigenvalue weighted by Crippen LogP contribution is -2.41. The van der Waals surface area contributed by atoms with Gasteiger partial charge in [0.2, 0.25) is 5.60 Å². The van der Waals surface area contributed by atoms with Crippen molar-refractivity contribution in [3.63, 3.8) is 0 Å². The quantitative estimate of drug-likeness (QED) is 0.222. The first-order chi connectivity index (χ1) is 17.1. The Labute approximate surface area is 212 Å². The number of rotatable bonds is 11. The van der Waals surface area contributed by atoms with Crippen LogP contribution in [0.1, 0.15) is 45.8 Å². The minimum Gasteiger partial charge on any atom is -0.494 e. The number of hydrogen-bond donors (Lipinski definition) is 2. The fourth-order valence-electron chi connectivity index (χ4n) is 5.38. The maximum atomic E-state index is 13.4. The lowest BCUT2D eigenvalue weighted by molar-refractivity contribution is -0.169. The fraction of sp³-hybridized carbons (Fsp3) is 0.407. The van der Waals surface area contributed by atoms with Gasteiger partial charge in [-0.2, -0.15) is 0 Å². The summed E-state index contributed by atoms with van der Waals surface area (Å²) in [6.07, 6.45) is 4.56. The van der Waals surface area contributed by atoms with Crippen LogP contribution in [0.2, 0.25) is 0 Å². The normalized spacial score (nSPS) is 23.3. The Balaban J connectivity index is 1.14. The molecule has 0 amide bonds. The molecule has 2 heterocycles. The van der Waals surface area contributed by atoms with Gasteiger partial charge in [-0.25, -0.2) is 4.79 Å². The first-order valence-corrected chi connectivity index (χ1v) is 13.8. The highest BCUT2D eigenvalue weighted by Crippen LogP contribution is 2.48. The van der Waals surface area contributed by atoms with Gasteiger partial charge in [-0.05, 0) is 85.3 Å². The van der Waals surface area contributed by atoms with Crippen molar-refractivity contribution in [2.45, 2.75) is 43.4 Å². The summed E-state index contributed by atoms with van der Waals surface area (Å²) in [7, 11) is 0. The van der Waals surface area contributed by atoms with E-state index in [9.17, 15) is 14.7 Å². The monoisotopic (exact) mass is 511 g/mol. The van der Waals surface area contributed by atoms with Crippen LogP contribution in [0.4, 0.5) is 0 Å². The van der Waals surface area contributed by atoms with Gasteiger partial charge in [-0.3, -0.25) is 4.79 Å². The number of carbonyl (C=O) groups excluding carboxylic acids is 2. The molecule has 6 nitrogen and oxygen atoms in total. The average molecular weight is 512 g/mol. The van der Waals surface area contributed by atoms with Crippen molar-refractivity contribution >= 4 is 34.9 Å². The van der Waals surface area contributed by atoms with E-state index in [1.165, 1.54) is 22.7 Å². The van der Waals surface area contributed by atoms with Crippen LogP contribution in [0.25, 0.3) is 0 Å². The van der Waals surface area contributed by atoms with Gasteiger partial charge in [0.1, 0.15) is 18.1 Å². The molecule has 2 N–H and O–H groups in total. The second kappa shape index (κ2) is 10.6. The van der Waals surface area contributed by atoms with Crippen LogP contribution in [0, 0.1) is 11.8 Å². The van der Waals surface area contributed by atoms with E-state index in [4.69, 9.17) is 9.47 Å². The van der Waals surface area contributed by atoms with Crippen LogP contribution in [-0.4, -0.2) is 42.7 Å². The zero-order chi connectivity index (χ0) is 24.3. The number of aliphatic hydroxyl groups is 1. The van der Waals surface area contributed by atoms with Crippen LogP contribution in [0.15, 0.2) is 59.3 Å². The van der Waals surface area contributed by atoms with Gasteiger partial charge < -0.3 is 19.9 Å². The lowest BCUT2D eigenvalue weighted by Gasteiger charge is -2.28. The molecule has 2 bridgehead atoms. The topological polar surface area (TPSA) is 84.9 Å². The highest BCUT2D eigenvalue weighted by atomic mass is 32.1. The number of benzene rings is 1. The lowest BCUT2D eigenvalue weighted by atomic mass is 9.95. The Hall–Kier alpha value is -2.52. The highest BCUT2D eigenvalue weighted by Gasteiger charge is 2.53. The molecule has 35 heavy (non-hydrogen) atoms. The van der Waals surface area contributed by atoms with E-state index in [-0.39, 0.29) is 12.0 Å². The van der Waals surface area contributed by atoms with Gasteiger partial charge >= 0.3 is 5.97 Å². The van der Waals surface area contributed by atoms with E-state index in [0.717, 1.165) is 44.3 Å². The first kappa shape index (κ1) is 24.2. The Morgan fingerprint density at radius 3 is 2.43 bits per heavy atom. The van der Waals surface area contributed by atoms with Crippen LogP contribution in [0.3, 0.4) is 0 Å². The van der Waals surface area contributed by atoms with Crippen LogP contribution >= 0.6 is 22.7 Å². The van der Waals surface area contributed by atoms with Gasteiger partial charge in [0.25, 0.3) is 0 Å². The minimum atomic E-state index is -1.76. The van der Waals surface area contributed by atoms with Crippen molar-refractivity contribution in [3.05, 3.63) is 74.6 Å². The smallest absolute Gasteiger partial charge is 0.349 e. The number of nitrogens with one attached hydrogen (secondary N) is 1. The molecule has 0 saturated heterocycles. The Morgan fingerprint density at radius 1 is 1.09 bits per heavy atom. The fourth-order valence-corrected chi connectivity index (χ4v) is 7.09. The Bertz CT molecular complexity index is 1080. The molecule has 2 aromatic heterocycles. The summed E-state index contributed by atoms with van der Waals surface area (Å²) >= 11 is 2.73. The largest absolute Gasteiger partial charge is 0.494 e. The number of ether oxygens (including phenoxy) is 2. The Morgan fingerprint density at radius 2 is 1.80 bits per heavy atom. The summed E-state index contributed by atoms with van der Waals surface area (Å²) in [5.41, 5.74) is -1.12. The molecule has 0 aliphatic heterocycles. The van der Waals surface area contributed by atoms with Crippen LogP contribution in [-0.2, 0) is 15.1 Å². The summed E-state index contributed by atoms with van der Waals surface area (Å²) < 4.78 is 11.8. The second-order valence-electron chi connectivity index (χ2n) is 9.22. The molecular formula is C27H29NO5S2. The van der Waals surface area contributed by atoms with Gasteiger partial charge in [0.05, 0.1) is 16.4 Å². The number of fused-ring (bicyclic) bond motifs is 2. The number of esters is 1. The molecule has 184 valence electrons. The minimum absolute atomic E-state index is 0.168. The van der Waals surface area contributed by atoms with Gasteiger partial charge in [0.15, 0.2) is 0 Å². The predicted octanol–water partition coefficient (Wildman–Crippen LogP) is 4.63. The third-order valence-electron chi connectivity index (χ3n) is 7.14. The molecule has 0 unspecified atom stereocenters. The van der Waals surface area contributed by atoms with E-state index in [1.807, 2.05) is 22.9 Å². The van der Waals surface area contributed by atoms with Crippen molar-refractivity contribution in [1.29, 1.82) is 0 Å². The van der Waals surface area contributed by atoms with E-state index < -0.39 is 11.6 Å². The molecule has 1 aromatic carbocycles. The number of aldehydes is 1. The SMILES string of the molecule is O=Cc1ccc(OCCCN[C@H]2C[C@H]3CC[C@@H]2[C@@H]3OC(=O)C(O)(c2cccs2)c2cccs2)cc1. The molecule has 2 aliphatic rings. The van der Waals surface area contributed by atoms with Crippen molar-refractivity contribution in [1.82, 2.24) is 5.32 Å². The molecule has 0 radical (unpaired) electrons. The summed E-state index contributed by atoms with van der Waals surface area (Å²) in [5.74, 6) is 0.770. The van der Waals surface area contributed by atoms with Crippen LogP contribution < -0.4 is 10.1 Å². The van der Waals surface area contributed by atoms with Crippen LogP contribution in [0.5, 0.6) is 5.75 Å². The van der Waals surface area contributed by atoms with E-state index in [2.05, 4.69) is 5.32 Å². The standard InChI is InChI=1S/C27H29NO5S2/c29-17-18-6-9-20(10-7-18)32-13-3-12-28-22-16-19-8-11-21(22)25(19)33-26(30)27(31,23-4-1-14-34-23)24-5-2-15-35-24/h1-2,4-7,9-10,14-15,17,19,21-22,25,28,31H,3,8,11-13,16H2/t19-,21+,22+,25-/m1/s1. The third kappa shape index (κ3) is 4.93. The van der Waals surface area contributed by atoms with Gasteiger partial charge in [0, 0.05) is 17.5 Å². The molecule has 2 fully saturated rings. The number of hydrogen-bond acceptors (Lipinski definition) is 8. The summed E-state index contributed by atoms with van der Waals surface area (Å²) in [4.78, 5) is 25.3. The second-order valence-corrected chi connectivity index (χ2v) is 11.1. The zero-order valence-corrected chi connectivity index (χ0v) is 20.9. The molecule has 2 aliphatic carbocycles. The number of thiophene rings is 2. The summed E-state index contributed by atoms with van der Waals surface area (Å²) in [5, 5.41) is 18.9. The molecule has 3 aromatic rings. The predicted molar refractivity (Wildman–Crippen MR) is 136 cm³/mol. The van der Waals surface area contributed by atoms with Crippen molar-refractivity contribution in [2.75, 3.05) is 13.2 Å². The molecule has 2 saturated carbocycles. The van der Waals surface area contributed by atoms with E-state index in [0.29, 0.717) is 33.9 Å². The Kier molecular flexibility index (Phi) is 7.34. The molecule has 0 spiro atoms. The van der Waals surface area contributed by atoms with Crippen molar-refractivity contribution < 1.29 is 24.2 Å². The maximum absolute atomic E-state index is 13.4. The van der Waals surface area contributed by atoms with E-state index >= 15 is 0 Å². The maximum Gasteiger partial charge on any atom is 0.349 e. The average Bonchev–Trinajstić information content (AvgIpc) is 3.70. The number of carbonyl (C=O) groups is 2. The zero-order valence-electron chi connectivity index (χ0n) is 19.3. The van der Waals surface area contributed by atoms with Gasteiger partial charge in [-0.15, -0.1) is 22.7 Å². The summed E-state index contributed by atoms with van der Waals surface area (Å²) in [6.45, 7) is 1.40. The van der Waals surface area contributed by atoms with Crippen molar-refractivity contribution in [3.8, 4) is 5.75 Å². The molecular weight excluding hydrogens is 482 g/mol. The summed E-state index contributed by atoms with van der Waals surface area (Å²) in [6, 6.07) is 14.7. The first-order valence-electron chi connectivity index (χ1n) is 12.0.